The molecular formula is C23H18N2. The van der Waals surface area contributed by atoms with Gasteiger partial charge in [0.25, 0.3) is 0 Å². The highest BCUT2D eigenvalue weighted by Gasteiger charge is 2.10. The zero-order valence-electron chi connectivity index (χ0n) is 13.8. The van der Waals surface area contributed by atoms with Crippen LogP contribution in [0.4, 0.5) is 11.4 Å². The summed E-state index contributed by atoms with van der Waals surface area (Å²) in [6.45, 7) is 0. The maximum absolute atomic E-state index is 4.79. The zero-order valence-corrected chi connectivity index (χ0v) is 13.8. The van der Waals surface area contributed by atoms with E-state index in [1.54, 1.807) is 0 Å². The molecule has 0 aromatic heterocycles. The molecule has 0 radical (unpaired) electrons. The number of hydrogen-bond donors (Lipinski definition) is 0. The monoisotopic (exact) mass is 322 g/mol. The zero-order chi connectivity index (χ0) is 16.9. The first-order valence-electron chi connectivity index (χ1n) is 8.34. The third-order valence-electron chi connectivity index (χ3n) is 4.12. The van der Waals surface area contributed by atoms with E-state index in [2.05, 4.69) is 66.7 Å². The molecule has 0 saturated carbocycles. The Bertz CT molecular complexity index is 987. The van der Waals surface area contributed by atoms with E-state index in [0.29, 0.717) is 0 Å². The minimum absolute atomic E-state index is 1.03. The second kappa shape index (κ2) is 7.02. The Hall–Kier alpha value is -3.39. The Morgan fingerprint density at radius 1 is 0.600 bits per heavy atom. The van der Waals surface area contributed by atoms with Gasteiger partial charge in [0.05, 0.1) is 17.6 Å². The van der Waals surface area contributed by atoms with Crippen molar-refractivity contribution in [1.29, 1.82) is 0 Å². The lowest BCUT2D eigenvalue weighted by Gasteiger charge is -2.21. The smallest absolute Gasteiger partial charge is 0.0730 e. The van der Waals surface area contributed by atoms with Gasteiger partial charge in [-0.3, -0.25) is 0 Å². The summed E-state index contributed by atoms with van der Waals surface area (Å²) in [6.07, 6.45) is 1.90. The second-order valence-corrected chi connectivity index (χ2v) is 5.80. The van der Waals surface area contributed by atoms with Crippen molar-refractivity contribution in [1.82, 2.24) is 0 Å². The quantitative estimate of drug-likeness (QED) is 0.332. The third-order valence-corrected chi connectivity index (χ3v) is 4.12. The van der Waals surface area contributed by atoms with Gasteiger partial charge in [0.2, 0.25) is 0 Å². The molecular weight excluding hydrogens is 304 g/mol. The van der Waals surface area contributed by atoms with Gasteiger partial charge in [-0.05, 0) is 29.1 Å². The lowest BCUT2D eigenvalue weighted by atomic mass is 10.1. The highest BCUT2D eigenvalue weighted by Crippen LogP contribution is 2.32. The molecule has 2 nitrogen and oxygen atoms in total. The molecule has 0 spiro atoms. The second-order valence-electron chi connectivity index (χ2n) is 5.80. The Morgan fingerprint density at radius 3 is 2.04 bits per heavy atom. The molecule has 0 saturated heterocycles. The van der Waals surface area contributed by atoms with Crippen molar-refractivity contribution >= 4 is 28.4 Å². The maximum atomic E-state index is 4.79. The molecule has 2 heteroatoms. The van der Waals surface area contributed by atoms with Crippen molar-refractivity contribution in [3.63, 3.8) is 0 Å². The van der Waals surface area contributed by atoms with Gasteiger partial charge in [0.15, 0.2) is 0 Å². The summed E-state index contributed by atoms with van der Waals surface area (Å²) in [5.74, 6) is 0. The van der Waals surface area contributed by atoms with Gasteiger partial charge in [0, 0.05) is 5.39 Å². The summed E-state index contributed by atoms with van der Waals surface area (Å²) >= 11 is 0. The molecule has 120 valence electrons. The van der Waals surface area contributed by atoms with Crippen molar-refractivity contribution < 1.29 is 0 Å². The average Bonchev–Trinajstić information content (AvgIpc) is 2.70. The molecule has 0 unspecified atom stereocenters. The summed E-state index contributed by atoms with van der Waals surface area (Å²) in [6, 6.07) is 35.1. The number of hydrogen-bond acceptors (Lipinski definition) is 2. The topological polar surface area (TPSA) is 15.6 Å². The van der Waals surface area contributed by atoms with E-state index in [0.717, 1.165) is 16.9 Å². The van der Waals surface area contributed by atoms with Crippen LogP contribution in [-0.4, -0.2) is 6.21 Å². The van der Waals surface area contributed by atoms with Crippen LogP contribution in [0, 0.1) is 0 Å². The van der Waals surface area contributed by atoms with Crippen LogP contribution in [0.5, 0.6) is 0 Å². The predicted octanol–water partition coefficient (Wildman–Crippen LogP) is 6.01. The molecule has 0 fully saturated rings. The van der Waals surface area contributed by atoms with Crippen LogP contribution in [0.25, 0.3) is 10.8 Å². The normalized spacial score (nSPS) is 11.0. The largest absolute Gasteiger partial charge is 0.233 e. The van der Waals surface area contributed by atoms with Crippen molar-refractivity contribution in [3.05, 3.63) is 109 Å². The minimum atomic E-state index is 1.03. The van der Waals surface area contributed by atoms with Crippen molar-refractivity contribution in [2.24, 2.45) is 5.10 Å². The Kier molecular flexibility index (Phi) is 4.25. The minimum Gasteiger partial charge on any atom is -0.233 e. The molecule has 0 aliphatic carbocycles. The lowest BCUT2D eigenvalue weighted by Crippen LogP contribution is -2.09. The Labute approximate surface area is 147 Å². The molecule has 0 bridgehead atoms. The van der Waals surface area contributed by atoms with Crippen LogP contribution in [0.15, 0.2) is 108 Å². The van der Waals surface area contributed by atoms with Gasteiger partial charge in [-0.2, -0.15) is 5.10 Å². The van der Waals surface area contributed by atoms with E-state index >= 15 is 0 Å². The predicted molar refractivity (Wildman–Crippen MR) is 107 cm³/mol. The molecule has 0 atom stereocenters. The molecule has 0 amide bonds. The SMILES string of the molecule is C(=NN(c1ccccc1)c1cccc2ccccc12)c1ccccc1. The number of rotatable bonds is 4. The molecule has 4 rings (SSSR count). The Morgan fingerprint density at radius 2 is 1.24 bits per heavy atom. The third kappa shape index (κ3) is 3.29. The van der Waals surface area contributed by atoms with Gasteiger partial charge in [-0.1, -0.05) is 84.9 Å². The lowest BCUT2D eigenvalue weighted by molar-refractivity contribution is 1.10. The molecule has 0 aliphatic heterocycles. The molecule has 4 aromatic carbocycles. The fourth-order valence-electron chi connectivity index (χ4n) is 2.89. The van der Waals surface area contributed by atoms with E-state index in [4.69, 9.17) is 5.10 Å². The number of fused-ring (bicyclic) bond motifs is 1. The number of hydrazone groups is 1. The van der Waals surface area contributed by atoms with Crippen molar-refractivity contribution in [3.8, 4) is 0 Å². The van der Waals surface area contributed by atoms with Gasteiger partial charge >= 0.3 is 0 Å². The standard InChI is InChI=1S/C23H18N2/c1-3-10-19(11-4-1)18-24-25(21-14-5-2-6-15-21)23-17-9-13-20-12-7-8-16-22(20)23/h1-18H. The van der Waals surface area contributed by atoms with Gasteiger partial charge < -0.3 is 0 Å². The number of benzene rings is 4. The molecule has 4 aromatic rings. The van der Waals surface area contributed by atoms with Gasteiger partial charge in [0.1, 0.15) is 0 Å². The summed E-state index contributed by atoms with van der Waals surface area (Å²) < 4.78 is 0. The summed E-state index contributed by atoms with van der Waals surface area (Å²) in [5, 5.41) is 9.17. The average molecular weight is 322 g/mol. The van der Waals surface area contributed by atoms with E-state index in [-0.39, 0.29) is 0 Å². The highest BCUT2D eigenvalue weighted by molar-refractivity contribution is 5.96. The van der Waals surface area contributed by atoms with Crippen LogP contribution in [-0.2, 0) is 0 Å². The van der Waals surface area contributed by atoms with Gasteiger partial charge in [-0.25, -0.2) is 5.01 Å². The van der Waals surface area contributed by atoms with E-state index in [9.17, 15) is 0 Å². The summed E-state index contributed by atoms with van der Waals surface area (Å²) in [4.78, 5) is 0. The van der Waals surface area contributed by atoms with Crippen molar-refractivity contribution in [2.45, 2.75) is 0 Å². The number of anilines is 2. The van der Waals surface area contributed by atoms with Crippen LogP contribution in [0.3, 0.4) is 0 Å². The molecule has 0 N–H and O–H groups in total. The van der Waals surface area contributed by atoms with Gasteiger partial charge in [-0.15, -0.1) is 0 Å². The molecule has 0 aliphatic rings. The van der Waals surface area contributed by atoms with Crippen LogP contribution in [0.2, 0.25) is 0 Å². The molecule has 25 heavy (non-hydrogen) atoms. The highest BCUT2D eigenvalue weighted by atomic mass is 15.5. The Balaban J connectivity index is 1.84. The van der Waals surface area contributed by atoms with Crippen molar-refractivity contribution in [2.75, 3.05) is 5.01 Å². The van der Waals surface area contributed by atoms with Crippen LogP contribution >= 0.6 is 0 Å². The summed E-state index contributed by atoms with van der Waals surface area (Å²) in [5.41, 5.74) is 3.17. The molecule has 0 heterocycles. The number of nitrogens with zero attached hydrogens (tertiary/aromatic N) is 2. The van der Waals surface area contributed by atoms with Crippen LogP contribution < -0.4 is 5.01 Å². The van der Waals surface area contributed by atoms with E-state index in [1.807, 2.05) is 47.6 Å². The first-order valence-corrected chi connectivity index (χ1v) is 8.34. The maximum Gasteiger partial charge on any atom is 0.0730 e. The first kappa shape index (κ1) is 15.2. The summed E-state index contributed by atoms with van der Waals surface area (Å²) in [7, 11) is 0. The first-order chi connectivity index (χ1) is 12.4. The van der Waals surface area contributed by atoms with Crippen LogP contribution in [0.1, 0.15) is 5.56 Å². The fraction of sp³-hybridized carbons (Fsp3) is 0. The fourth-order valence-corrected chi connectivity index (χ4v) is 2.89. The number of para-hydroxylation sites is 1. The van der Waals surface area contributed by atoms with E-state index in [1.165, 1.54) is 10.8 Å². The van der Waals surface area contributed by atoms with E-state index < -0.39 is 0 Å².